The van der Waals surface area contributed by atoms with Gasteiger partial charge in [-0.2, -0.15) is 0 Å². The van der Waals surface area contributed by atoms with E-state index in [2.05, 4.69) is 11.9 Å². The molecule has 2 N–H and O–H groups in total. The third-order valence-corrected chi connectivity index (χ3v) is 2.32. The molecule has 7 heteroatoms. The van der Waals surface area contributed by atoms with Crippen LogP contribution in [-0.2, 0) is 9.59 Å². The summed E-state index contributed by atoms with van der Waals surface area (Å²) in [5.74, 6) is -3.20. The van der Waals surface area contributed by atoms with Crippen LogP contribution in [0.25, 0.3) is 0 Å². The minimum Gasteiger partial charge on any atom is -0.480 e. The zero-order chi connectivity index (χ0) is 15.1. The standard InChI is InChI=1S/C13H14F2N2O3/c1-2-5-17(8-13(19)20)7-12(18)16-11-6-9(14)3-4-10(11)15/h2-4,6H,1,5,7-8H2,(H,16,18)(H,19,20). The van der Waals surface area contributed by atoms with Crippen LogP contribution in [0.4, 0.5) is 14.5 Å². The third kappa shape index (κ3) is 5.15. The predicted octanol–water partition coefficient (Wildman–Crippen LogP) is 1.48. The van der Waals surface area contributed by atoms with E-state index < -0.39 is 23.5 Å². The molecule has 0 aliphatic rings. The highest BCUT2D eigenvalue weighted by atomic mass is 19.1. The number of carboxylic acid groups (broad SMARTS) is 1. The molecule has 0 aliphatic heterocycles. The second-order valence-electron chi connectivity index (χ2n) is 4.02. The highest BCUT2D eigenvalue weighted by Crippen LogP contribution is 2.15. The number of benzene rings is 1. The van der Waals surface area contributed by atoms with Crippen molar-refractivity contribution in [3.05, 3.63) is 42.5 Å². The largest absolute Gasteiger partial charge is 0.480 e. The van der Waals surface area contributed by atoms with Crippen molar-refractivity contribution in [3.63, 3.8) is 0 Å². The molecule has 0 heterocycles. The van der Waals surface area contributed by atoms with Gasteiger partial charge in [0.05, 0.1) is 18.8 Å². The second kappa shape index (κ2) is 7.34. The van der Waals surface area contributed by atoms with Gasteiger partial charge >= 0.3 is 5.97 Å². The number of nitrogens with one attached hydrogen (secondary N) is 1. The smallest absolute Gasteiger partial charge is 0.317 e. The lowest BCUT2D eigenvalue weighted by atomic mass is 10.3. The Kier molecular flexibility index (Phi) is 5.79. The van der Waals surface area contributed by atoms with Crippen LogP contribution >= 0.6 is 0 Å². The van der Waals surface area contributed by atoms with E-state index in [-0.39, 0.29) is 25.3 Å². The van der Waals surface area contributed by atoms with E-state index in [1.165, 1.54) is 11.0 Å². The average molecular weight is 284 g/mol. The molecule has 0 saturated carbocycles. The monoisotopic (exact) mass is 284 g/mol. The van der Waals surface area contributed by atoms with Gasteiger partial charge in [0, 0.05) is 12.6 Å². The highest BCUT2D eigenvalue weighted by molar-refractivity contribution is 5.92. The Morgan fingerprint density at radius 1 is 1.35 bits per heavy atom. The van der Waals surface area contributed by atoms with Crippen molar-refractivity contribution in [2.75, 3.05) is 25.0 Å². The fourth-order valence-corrected chi connectivity index (χ4v) is 1.54. The van der Waals surface area contributed by atoms with Crippen LogP contribution in [0.5, 0.6) is 0 Å². The van der Waals surface area contributed by atoms with Crippen molar-refractivity contribution >= 4 is 17.6 Å². The first-order valence-electron chi connectivity index (χ1n) is 5.72. The zero-order valence-electron chi connectivity index (χ0n) is 10.6. The Balaban J connectivity index is 2.67. The van der Waals surface area contributed by atoms with Crippen molar-refractivity contribution in [1.29, 1.82) is 0 Å². The summed E-state index contributed by atoms with van der Waals surface area (Å²) >= 11 is 0. The summed E-state index contributed by atoms with van der Waals surface area (Å²) in [5, 5.41) is 10.9. The average Bonchev–Trinajstić information content (AvgIpc) is 2.33. The first-order chi connectivity index (χ1) is 9.42. The van der Waals surface area contributed by atoms with Crippen LogP contribution in [0, 0.1) is 11.6 Å². The van der Waals surface area contributed by atoms with Gasteiger partial charge in [0.1, 0.15) is 11.6 Å². The first kappa shape index (κ1) is 15.8. The molecule has 20 heavy (non-hydrogen) atoms. The molecular weight excluding hydrogens is 270 g/mol. The minimum atomic E-state index is -1.10. The van der Waals surface area contributed by atoms with E-state index in [0.29, 0.717) is 0 Å². The molecule has 1 aromatic rings. The van der Waals surface area contributed by atoms with Gasteiger partial charge in [-0.1, -0.05) is 6.08 Å². The van der Waals surface area contributed by atoms with Crippen LogP contribution in [0.2, 0.25) is 0 Å². The number of nitrogens with zero attached hydrogens (tertiary/aromatic N) is 1. The van der Waals surface area contributed by atoms with Gasteiger partial charge < -0.3 is 10.4 Å². The number of aliphatic carboxylic acids is 1. The Morgan fingerprint density at radius 2 is 2.05 bits per heavy atom. The van der Waals surface area contributed by atoms with Crippen molar-refractivity contribution in [2.24, 2.45) is 0 Å². The Labute approximate surface area is 114 Å². The van der Waals surface area contributed by atoms with E-state index in [4.69, 9.17) is 5.11 Å². The molecule has 0 bridgehead atoms. The summed E-state index contributed by atoms with van der Waals surface area (Å²) in [6, 6.07) is 2.67. The molecule has 0 aromatic heterocycles. The normalized spacial score (nSPS) is 10.3. The number of amides is 1. The van der Waals surface area contributed by atoms with Crippen molar-refractivity contribution < 1.29 is 23.5 Å². The summed E-state index contributed by atoms with van der Waals surface area (Å²) in [7, 11) is 0. The Hall–Kier alpha value is -2.28. The third-order valence-electron chi connectivity index (χ3n) is 2.32. The lowest BCUT2D eigenvalue weighted by Gasteiger charge is -2.17. The lowest BCUT2D eigenvalue weighted by Crippen LogP contribution is -2.37. The fourth-order valence-electron chi connectivity index (χ4n) is 1.54. The maximum absolute atomic E-state index is 13.3. The summed E-state index contributed by atoms with van der Waals surface area (Å²) in [5.41, 5.74) is -0.288. The fraction of sp³-hybridized carbons (Fsp3) is 0.231. The summed E-state index contributed by atoms with van der Waals surface area (Å²) in [4.78, 5) is 23.6. The van der Waals surface area contributed by atoms with Gasteiger partial charge in [-0.15, -0.1) is 6.58 Å². The van der Waals surface area contributed by atoms with Gasteiger partial charge in [0.15, 0.2) is 0 Å². The summed E-state index contributed by atoms with van der Waals surface area (Å²) in [6.45, 7) is 3.01. The topological polar surface area (TPSA) is 69.6 Å². The minimum absolute atomic E-state index is 0.186. The van der Waals surface area contributed by atoms with Gasteiger partial charge in [-0.05, 0) is 12.1 Å². The summed E-state index contributed by atoms with van der Waals surface area (Å²) in [6.07, 6.45) is 1.44. The zero-order valence-corrected chi connectivity index (χ0v) is 10.6. The molecule has 0 spiro atoms. The van der Waals surface area contributed by atoms with Gasteiger partial charge in [-0.3, -0.25) is 14.5 Å². The van der Waals surface area contributed by atoms with Gasteiger partial charge in [0.25, 0.3) is 0 Å². The molecule has 0 unspecified atom stereocenters. The molecule has 1 rings (SSSR count). The second-order valence-corrected chi connectivity index (χ2v) is 4.02. The van der Waals surface area contributed by atoms with Crippen LogP contribution < -0.4 is 5.32 Å². The molecule has 0 aliphatic carbocycles. The Morgan fingerprint density at radius 3 is 2.65 bits per heavy atom. The lowest BCUT2D eigenvalue weighted by molar-refractivity contribution is -0.138. The maximum atomic E-state index is 13.3. The molecule has 5 nitrogen and oxygen atoms in total. The number of carbonyl (C=O) groups is 2. The molecule has 0 atom stereocenters. The van der Waals surface area contributed by atoms with Crippen LogP contribution in [-0.4, -0.2) is 41.5 Å². The number of carboxylic acids is 1. The number of hydrogen-bond acceptors (Lipinski definition) is 3. The number of hydrogen-bond donors (Lipinski definition) is 2. The van der Waals surface area contributed by atoms with Crippen molar-refractivity contribution in [2.45, 2.75) is 0 Å². The van der Waals surface area contributed by atoms with E-state index in [1.807, 2.05) is 0 Å². The molecule has 0 radical (unpaired) electrons. The number of halogens is 2. The first-order valence-corrected chi connectivity index (χ1v) is 5.72. The van der Waals surface area contributed by atoms with Crippen LogP contribution in [0.15, 0.2) is 30.9 Å². The number of carbonyl (C=O) groups excluding carboxylic acids is 1. The van der Waals surface area contributed by atoms with Crippen molar-refractivity contribution in [3.8, 4) is 0 Å². The van der Waals surface area contributed by atoms with Gasteiger partial charge in [0.2, 0.25) is 5.91 Å². The van der Waals surface area contributed by atoms with Gasteiger partial charge in [-0.25, -0.2) is 8.78 Å². The highest BCUT2D eigenvalue weighted by Gasteiger charge is 2.14. The SMILES string of the molecule is C=CCN(CC(=O)O)CC(=O)Nc1cc(F)ccc1F. The Bertz CT molecular complexity index is 520. The van der Waals surface area contributed by atoms with Crippen LogP contribution in [0.3, 0.4) is 0 Å². The molecule has 1 aromatic carbocycles. The van der Waals surface area contributed by atoms with E-state index in [0.717, 1.165) is 18.2 Å². The number of rotatable bonds is 7. The van der Waals surface area contributed by atoms with Crippen LogP contribution in [0.1, 0.15) is 0 Å². The molecule has 108 valence electrons. The quantitative estimate of drug-likeness (QED) is 0.744. The maximum Gasteiger partial charge on any atom is 0.317 e. The summed E-state index contributed by atoms with van der Waals surface area (Å²) < 4.78 is 26.3. The van der Waals surface area contributed by atoms with E-state index in [9.17, 15) is 18.4 Å². The predicted molar refractivity (Wildman–Crippen MR) is 69.3 cm³/mol. The van der Waals surface area contributed by atoms with Crippen molar-refractivity contribution in [1.82, 2.24) is 4.90 Å². The van der Waals surface area contributed by atoms with E-state index >= 15 is 0 Å². The number of anilines is 1. The molecular formula is C13H14F2N2O3. The van der Waals surface area contributed by atoms with E-state index in [1.54, 1.807) is 0 Å². The molecule has 0 saturated heterocycles. The molecule has 0 fully saturated rings. The molecule has 1 amide bonds.